The summed E-state index contributed by atoms with van der Waals surface area (Å²) in [7, 11) is -2.41. The van der Waals surface area contributed by atoms with Crippen LogP contribution in [0.25, 0.3) is 0 Å². The fourth-order valence-corrected chi connectivity index (χ4v) is 5.21. The van der Waals surface area contributed by atoms with Gasteiger partial charge in [0.2, 0.25) is 0 Å². The molecule has 0 amide bonds. The summed E-state index contributed by atoms with van der Waals surface area (Å²) in [6.07, 6.45) is 4.93. The molecule has 2 aromatic rings. The molecule has 1 fully saturated rings. The zero-order chi connectivity index (χ0) is 23.3. The third-order valence-corrected chi connectivity index (χ3v) is 7.18. The minimum absolute atomic E-state index is 0.0513. The van der Waals surface area contributed by atoms with Gasteiger partial charge in [0.05, 0.1) is 12.5 Å². The van der Waals surface area contributed by atoms with E-state index in [0.29, 0.717) is 12.5 Å². The van der Waals surface area contributed by atoms with Crippen LogP contribution in [0, 0.1) is 11.8 Å². The molecule has 0 N–H and O–H groups in total. The van der Waals surface area contributed by atoms with Crippen molar-refractivity contribution in [3.05, 3.63) is 71.8 Å². The maximum Gasteiger partial charge on any atom is 0.309 e. The molecule has 2 atom stereocenters. The van der Waals surface area contributed by atoms with E-state index < -0.39 is 25.9 Å². The van der Waals surface area contributed by atoms with Gasteiger partial charge in [-0.2, -0.15) is 0 Å². The van der Waals surface area contributed by atoms with Crippen LogP contribution in [0.4, 0.5) is 0 Å². The van der Waals surface area contributed by atoms with E-state index in [0.717, 1.165) is 24.0 Å². The Morgan fingerprint density at radius 1 is 0.879 bits per heavy atom. The smallest absolute Gasteiger partial charge is 0.309 e. The highest BCUT2D eigenvalue weighted by Crippen LogP contribution is 2.33. The Labute approximate surface area is 196 Å². The van der Waals surface area contributed by atoms with Gasteiger partial charge in [0.25, 0.3) is 0 Å². The fourth-order valence-electron chi connectivity index (χ4n) is 3.90. The molecule has 0 saturated heterocycles. The Morgan fingerprint density at radius 3 is 2.06 bits per heavy atom. The van der Waals surface area contributed by atoms with Gasteiger partial charge in [-0.3, -0.25) is 14.2 Å². The predicted octanol–water partition coefficient (Wildman–Crippen LogP) is 5.55. The summed E-state index contributed by atoms with van der Waals surface area (Å²) in [5.74, 6) is -1.08. The molecule has 33 heavy (non-hydrogen) atoms. The van der Waals surface area contributed by atoms with Gasteiger partial charge < -0.3 is 14.0 Å². The average molecular weight is 473 g/mol. The monoisotopic (exact) mass is 472 g/mol. The molecule has 7 heteroatoms. The lowest BCUT2D eigenvalue weighted by molar-refractivity contribution is -0.150. The molecule has 6 nitrogen and oxygen atoms in total. The van der Waals surface area contributed by atoms with Gasteiger partial charge in [0.1, 0.15) is 13.2 Å². The van der Waals surface area contributed by atoms with E-state index in [9.17, 15) is 14.2 Å². The topological polar surface area (TPSA) is 78.9 Å². The molecular formula is C26H33O6P. The molecule has 0 heterocycles. The standard InChI is InChI=1S/C26H33O6P/c27-25(30-17-21-9-3-1-4-10-21)16-15-24(20-33(29)32-19-23-13-7-8-14-23)26(28)31-18-22-11-5-2-6-12-22/h1-6,9-12,23-24,33H,7-8,13-20H2. The second-order valence-corrected chi connectivity index (χ2v) is 9.95. The van der Waals surface area contributed by atoms with E-state index in [1.807, 2.05) is 60.7 Å². The molecule has 2 unspecified atom stereocenters. The number of esters is 2. The van der Waals surface area contributed by atoms with Gasteiger partial charge >= 0.3 is 11.9 Å². The molecule has 3 rings (SSSR count). The van der Waals surface area contributed by atoms with Crippen molar-refractivity contribution in [3.8, 4) is 0 Å². The van der Waals surface area contributed by atoms with Gasteiger partial charge in [-0.1, -0.05) is 73.5 Å². The van der Waals surface area contributed by atoms with E-state index in [4.69, 9.17) is 14.0 Å². The Kier molecular flexibility index (Phi) is 10.7. The molecular weight excluding hydrogens is 439 g/mol. The number of hydrogen-bond acceptors (Lipinski definition) is 6. The fraction of sp³-hybridized carbons (Fsp3) is 0.462. The van der Waals surface area contributed by atoms with Gasteiger partial charge in [-0.15, -0.1) is 0 Å². The van der Waals surface area contributed by atoms with Crippen LogP contribution in [0.15, 0.2) is 60.7 Å². The molecule has 1 aliphatic rings. The van der Waals surface area contributed by atoms with Crippen LogP contribution >= 0.6 is 8.03 Å². The molecule has 1 aliphatic carbocycles. The lowest BCUT2D eigenvalue weighted by atomic mass is 10.1. The zero-order valence-electron chi connectivity index (χ0n) is 18.9. The summed E-state index contributed by atoms with van der Waals surface area (Å²) in [5, 5.41) is 0. The van der Waals surface area contributed by atoms with Gasteiger partial charge in [0, 0.05) is 12.6 Å². The zero-order valence-corrected chi connectivity index (χ0v) is 19.9. The largest absolute Gasteiger partial charge is 0.461 e. The predicted molar refractivity (Wildman–Crippen MR) is 127 cm³/mol. The van der Waals surface area contributed by atoms with Crippen LogP contribution in [0.5, 0.6) is 0 Å². The number of rotatable bonds is 13. The second kappa shape index (κ2) is 14.0. The van der Waals surface area contributed by atoms with Crippen molar-refractivity contribution in [3.63, 3.8) is 0 Å². The van der Waals surface area contributed by atoms with Crippen LogP contribution in [-0.2, 0) is 41.4 Å². The number of carbonyl (C=O) groups is 2. The molecule has 0 aliphatic heterocycles. The van der Waals surface area contributed by atoms with Crippen molar-refractivity contribution < 1.29 is 28.2 Å². The van der Waals surface area contributed by atoms with Crippen molar-refractivity contribution in [2.75, 3.05) is 12.8 Å². The third kappa shape index (κ3) is 9.53. The minimum Gasteiger partial charge on any atom is -0.461 e. The van der Waals surface area contributed by atoms with Crippen LogP contribution < -0.4 is 0 Å². The van der Waals surface area contributed by atoms with Gasteiger partial charge in [0.15, 0.2) is 8.03 Å². The molecule has 0 bridgehead atoms. The molecule has 178 valence electrons. The second-order valence-electron chi connectivity index (χ2n) is 8.51. The van der Waals surface area contributed by atoms with Crippen molar-refractivity contribution >= 4 is 20.0 Å². The molecule has 1 saturated carbocycles. The summed E-state index contributed by atoms with van der Waals surface area (Å²) in [6.45, 7) is 0.797. The number of benzene rings is 2. The SMILES string of the molecule is O=C(CCC(C[PH](=O)OCC1CCCC1)C(=O)OCc1ccccc1)OCc1ccccc1. The number of carbonyl (C=O) groups excluding carboxylic acids is 2. The van der Waals surface area contributed by atoms with E-state index in [-0.39, 0.29) is 32.2 Å². The maximum atomic E-state index is 12.8. The van der Waals surface area contributed by atoms with Crippen LogP contribution in [-0.4, -0.2) is 24.7 Å². The highest BCUT2D eigenvalue weighted by molar-refractivity contribution is 7.39. The van der Waals surface area contributed by atoms with Gasteiger partial charge in [-0.25, -0.2) is 0 Å². The van der Waals surface area contributed by atoms with Crippen LogP contribution in [0.1, 0.15) is 49.7 Å². The first kappa shape index (κ1) is 25.2. The Bertz CT molecular complexity index is 880. The minimum atomic E-state index is -2.41. The van der Waals surface area contributed by atoms with E-state index in [2.05, 4.69) is 0 Å². The van der Waals surface area contributed by atoms with Crippen molar-refractivity contribution in [1.29, 1.82) is 0 Å². The highest BCUT2D eigenvalue weighted by Gasteiger charge is 2.25. The average Bonchev–Trinajstić information content (AvgIpc) is 3.37. The van der Waals surface area contributed by atoms with E-state index in [1.54, 1.807) is 0 Å². The summed E-state index contributed by atoms with van der Waals surface area (Å²) in [4.78, 5) is 25.0. The molecule has 2 aromatic carbocycles. The van der Waals surface area contributed by atoms with Crippen molar-refractivity contribution in [2.24, 2.45) is 11.8 Å². The first-order valence-electron chi connectivity index (χ1n) is 11.7. The first-order valence-corrected chi connectivity index (χ1v) is 13.2. The molecule has 0 aromatic heterocycles. The molecule has 0 spiro atoms. The first-order chi connectivity index (χ1) is 16.1. The number of ether oxygens (including phenoxy) is 2. The summed E-state index contributed by atoms with van der Waals surface area (Å²) in [6, 6.07) is 18.8. The van der Waals surface area contributed by atoms with E-state index in [1.165, 1.54) is 12.8 Å². The Balaban J connectivity index is 1.49. The Morgan fingerprint density at radius 2 is 1.45 bits per heavy atom. The van der Waals surface area contributed by atoms with Crippen molar-refractivity contribution in [1.82, 2.24) is 0 Å². The van der Waals surface area contributed by atoms with Gasteiger partial charge in [-0.05, 0) is 36.3 Å². The number of hydrogen-bond donors (Lipinski definition) is 0. The lowest BCUT2D eigenvalue weighted by Crippen LogP contribution is -2.22. The summed E-state index contributed by atoms with van der Waals surface area (Å²) < 4.78 is 29.0. The normalized spacial score (nSPS) is 15.6. The molecule has 0 radical (unpaired) electrons. The van der Waals surface area contributed by atoms with Crippen LogP contribution in [0.2, 0.25) is 0 Å². The summed E-state index contributed by atoms with van der Waals surface area (Å²) in [5.41, 5.74) is 1.77. The summed E-state index contributed by atoms with van der Waals surface area (Å²) >= 11 is 0. The quantitative estimate of drug-likeness (QED) is 0.281. The van der Waals surface area contributed by atoms with Crippen LogP contribution in [0.3, 0.4) is 0 Å². The highest BCUT2D eigenvalue weighted by atomic mass is 31.1. The lowest BCUT2D eigenvalue weighted by Gasteiger charge is -2.17. The third-order valence-electron chi connectivity index (χ3n) is 5.86. The van der Waals surface area contributed by atoms with E-state index >= 15 is 0 Å². The van der Waals surface area contributed by atoms with Crippen molar-refractivity contribution in [2.45, 2.75) is 51.7 Å². The maximum absolute atomic E-state index is 12.8. The Hall–Kier alpha value is -2.43.